The van der Waals surface area contributed by atoms with Crippen LogP contribution < -0.4 is 4.90 Å². The second-order valence-corrected chi connectivity index (χ2v) is 6.82. The van der Waals surface area contributed by atoms with Gasteiger partial charge in [-0.2, -0.15) is 0 Å². The lowest BCUT2D eigenvalue weighted by molar-refractivity contribution is 0.0681. The summed E-state index contributed by atoms with van der Waals surface area (Å²) < 4.78 is 0. The monoisotopic (exact) mass is 310 g/mol. The van der Waals surface area contributed by atoms with Gasteiger partial charge in [0.05, 0.1) is 0 Å². The fourth-order valence-corrected chi connectivity index (χ4v) is 3.26. The molecule has 0 N–H and O–H groups in total. The van der Waals surface area contributed by atoms with Gasteiger partial charge in [-0.25, -0.2) is 9.97 Å². The molecular formula is C16H27ClN4. The second-order valence-electron chi connectivity index (χ2n) is 6.46. The number of nitrogens with zero attached hydrogens (tertiary/aromatic N) is 4. The maximum Gasteiger partial charge on any atom is 0.137 e. The van der Waals surface area contributed by atoms with Gasteiger partial charge in [0.1, 0.15) is 16.8 Å². The third-order valence-corrected chi connectivity index (χ3v) is 5.07. The molecule has 21 heavy (non-hydrogen) atoms. The highest BCUT2D eigenvalue weighted by Crippen LogP contribution is 2.37. The van der Waals surface area contributed by atoms with Crippen LogP contribution in [0.15, 0.2) is 0 Å². The van der Waals surface area contributed by atoms with E-state index in [2.05, 4.69) is 42.9 Å². The lowest BCUT2D eigenvalue weighted by atomic mass is 9.75. The number of halogens is 1. The molecule has 1 aromatic heterocycles. The fraction of sp³-hybridized carbons (Fsp3) is 0.750. The third-order valence-electron chi connectivity index (χ3n) is 4.71. The van der Waals surface area contributed by atoms with Gasteiger partial charge in [-0.15, -0.1) is 0 Å². The topological polar surface area (TPSA) is 32.3 Å². The Kier molecular flexibility index (Phi) is 5.10. The molecule has 0 saturated heterocycles. The van der Waals surface area contributed by atoms with Crippen LogP contribution in [0, 0.1) is 6.92 Å². The van der Waals surface area contributed by atoms with Crippen LogP contribution in [0.1, 0.15) is 44.0 Å². The number of likely N-dealkylation sites (N-methyl/N-ethyl adjacent to an activating group) is 2. The highest BCUT2D eigenvalue weighted by atomic mass is 35.5. The maximum absolute atomic E-state index is 6.29. The number of hydrogen-bond acceptors (Lipinski definition) is 4. The highest BCUT2D eigenvalue weighted by molar-refractivity contribution is 6.30. The molecule has 0 aliphatic heterocycles. The Morgan fingerprint density at radius 2 is 1.86 bits per heavy atom. The van der Waals surface area contributed by atoms with Crippen molar-refractivity contribution in [1.29, 1.82) is 0 Å². The van der Waals surface area contributed by atoms with Crippen molar-refractivity contribution >= 4 is 17.4 Å². The first-order valence-electron chi connectivity index (χ1n) is 7.81. The Hall–Kier alpha value is -0.870. The van der Waals surface area contributed by atoms with Crippen molar-refractivity contribution in [3.63, 3.8) is 0 Å². The van der Waals surface area contributed by atoms with Crippen LogP contribution in [0.25, 0.3) is 0 Å². The predicted molar refractivity (Wildman–Crippen MR) is 89.3 cm³/mol. The van der Waals surface area contributed by atoms with E-state index in [0.29, 0.717) is 5.15 Å². The van der Waals surface area contributed by atoms with Crippen LogP contribution in [-0.4, -0.2) is 48.1 Å². The normalized spacial score (nSPS) is 16.9. The Balaban J connectivity index is 2.24. The SMILES string of the molecule is CCCc1nc(Cl)c(C)c(N(C)CC2(N(C)C)CCC2)n1. The van der Waals surface area contributed by atoms with E-state index in [9.17, 15) is 0 Å². The summed E-state index contributed by atoms with van der Waals surface area (Å²) in [5.41, 5.74) is 1.26. The number of aromatic nitrogens is 2. The van der Waals surface area contributed by atoms with E-state index in [1.807, 2.05) is 6.92 Å². The molecule has 0 unspecified atom stereocenters. The Bertz CT molecular complexity index is 497. The van der Waals surface area contributed by atoms with Gasteiger partial charge in [-0.05, 0) is 46.7 Å². The molecule has 1 aromatic rings. The number of rotatable bonds is 6. The zero-order valence-corrected chi connectivity index (χ0v) is 14.7. The largest absolute Gasteiger partial charge is 0.357 e. The molecular weight excluding hydrogens is 284 g/mol. The van der Waals surface area contributed by atoms with Crippen molar-refractivity contribution in [2.45, 2.75) is 51.5 Å². The summed E-state index contributed by atoms with van der Waals surface area (Å²) in [7, 11) is 6.47. The Morgan fingerprint density at radius 3 is 2.33 bits per heavy atom. The van der Waals surface area contributed by atoms with Crippen LogP contribution in [-0.2, 0) is 6.42 Å². The molecule has 1 aliphatic carbocycles. The van der Waals surface area contributed by atoms with Crippen molar-refractivity contribution in [2.24, 2.45) is 0 Å². The average Bonchev–Trinajstić information content (AvgIpc) is 2.37. The standard InChI is InChI=1S/C16H27ClN4/c1-6-8-13-18-14(17)12(2)15(19-13)21(5)11-16(20(3)4)9-7-10-16/h6-11H2,1-5H3. The van der Waals surface area contributed by atoms with E-state index >= 15 is 0 Å². The van der Waals surface area contributed by atoms with Crippen molar-refractivity contribution < 1.29 is 0 Å². The Labute approximate surface area is 133 Å². The molecule has 0 atom stereocenters. The van der Waals surface area contributed by atoms with Crippen LogP contribution >= 0.6 is 11.6 Å². The van der Waals surface area contributed by atoms with Crippen molar-refractivity contribution in [3.05, 3.63) is 16.5 Å². The highest BCUT2D eigenvalue weighted by Gasteiger charge is 2.40. The van der Waals surface area contributed by atoms with Gasteiger partial charge in [0, 0.05) is 31.1 Å². The van der Waals surface area contributed by atoms with E-state index in [-0.39, 0.29) is 5.54 Å². The second kappa shape index (κ2) is 6.49. The van der Waals surface area contributed by atoms with Crippen molar-refractivity contribution in [3.8, 4) is 0 Å². The summed E-state index contributed by atoms with van der Waals surface area (Å²) in [5, 5.41) is 0.586. The molecule has 1 saturated carbocycles. The summed E-state index contributed by atoms with van der Waals surface area (Å²) >= 11 is 6.29. The molecule has 0 bridgehead atoms. The number of anilines is 1. The van der Waals surface area contributed by atoms with Crippen LogP contribution in [0.4, 0.5) is 5.82 Å². The lowest BCUT2D eigenvalue weighted by Gasteiger charge is -2.49. The minimum atomic E-state index is 0.281. The molecule has 5 heteroatoms. The molecule has 0 amide bonds. The zero-order valence-electron chi connectivity index (χ0n) is 13.9. The minimum Gasteiger partial charge on any atom is -0.357 e. The van der Waals surface area contributed by atoms with Crippen molar-refractivity contribution in [2.75, 3.05) is 32.6 Å². The first-order valence-corrected chi connectivity index (χ1v) is 8.19. The first-order chi connectivity index (χ1) is 9.89. The maximum atomic E-state index is 6.29. The molecule has 1 fully saturated rings. The van der Waals surface area contributed by atoms with E-state index in [1.54, 1.807) is 0 Å². The molecule has 1 aliphatic rings. The van der Waals surface area contributed by atoms with Gasteiger partial charge in [0.2, 0.25) is 0 Å². The van der Waals surface area contributed by atoms with Crippen LogP contribution in [0.3, 0.4) is 0 Å². The van der Waals surface area contributed by atoms with E-state index in [4.69, 9.17) is 16.6 Å². The van der Waals surface area contributed by atoms with Gasteiger partial charge < -0.3 is 9.80 Å². The molecule has 2 rings (SSSR count). The van der Waals surface area contributed by atoms with Crippen molar-refractivity contribution in [1.82, 2.24) is 14.9 Å². The van der Waals surface area contributed by atoms with Gasteiger partial charge in [0.25, 0.3) is 0 Å². The third kappa shape index (κ3) is 3.32. The summed E-state index contributed by atoms with van der Waals surface area (Å²) in [6, 6.07) is 0. The fourth-order valence-electron chi connectivity index (χ4n) is 3.08. The average molecular weight is 311 g/mol. The Morgan fingerprint density at radius 1 is 1.19 bits per heavy atom. The lowest BCUT2D eigenvalue weighted by Crippen LogP contribution is -2.57. The predicted octanol–water partition coefficient (Wildman–Crippen LogP) is 3.31. The van der Waals surface area contributed by atoms with Gasteiger partial charge >= 0.3 is 0 Å². The zero-order chi connectivity index (χ0) is 15.6. The van der Waals surface area contributed by atoms with E-state index in [0.717, 1.165) is 36.6 Å². The molecule has 118 valence electrons. The number of aryl methyl sites for hydroxylation is 1. The molecule has 4 nitrogen and oxygen atoms in total. The van der Waals surface area contributed by atoms with E-state index in [1.165, 1.54) is 19.3 Å². The van der Waals surface area contributed by atoms with Crippen LogP contribution in [0.5, 0.6) is 0 Å². The summed E-state index contributed by atoms with van der Waals surface area (Å²) in [5.74, 6) is 1.83. The van der Waals surface area contributed by atoms with Crippen LogP contribution in [0.2, 0.25) is 5.15 Å². The van der Waals surface area contributed by atoms with E-state index < -0.39 is 0 Å². The number of hydrogen-bond donors (Lipinski definition) is 0. The summed E-state index contributed by atoms with van der Waals surface area (Å²) in [6.45, 7) is 5.13. The smallest absolute Gasteiger partial charge is 0.137 e. The van der Waals surface area contributed by atoms with Gasteiger partial charge in [0.15, 0.2) is 0 Å². The minimum absolute atomic E-state index is 0.281. The summed E-state index contributed by atoms with van der Waals surface area (Å²) in [4.78, 5) is 13.7. The summed E-state index contributed by atoms with van der Waals surface area (Å²) in [6.07, 6.45) is 5.73. The first kappa shape index (κ1) is 16.5. The van der Waals surface area contributed by atoms with Gasteiger partial charge in [-0.3, -0.25) is 0 Å². The molecule has 0 spiro atoms. The molecule has 0 aromatic carbocycles. The quantitative estimate of drug-likeness (QED) is 0.755. The molecule has 1 heterocycles. The molecule has 0 radical (unpaired) electrons. The van der Waals surface area contributed by atoms with Gasteiger partial charge in [-0.1, -0.05) is 18.5 Å².